The van der Waals surface area contributed by atoms with Gasteiger partial charge in [0.05, 0.1) is 13.7 Å². The zero-order valence-electron chi connectivity index (χ0n) is 10.9. The molecule has 0 bridgehead atoms. The van der Waals surface area contributed by atoms with Crippen LogP contribution in [0.1, 0.15) is 6.42 Å². The van der Waals surface area contributed by atoms with Gasteiger partial charge in [0.15, 0.2) is 0 Å². The van der Waals surface area contributed by atoms with E-state index >= 15 is 0 Å². The highest BCUT2D eigenvalue weighted by Crippen LogP contribution is 2.19. The van der Waals surface area contributed by atoms with Gasteiger partial charge in [-0.05, 0) is 24.3 Å². The van der Waals surface area contributed by atoms with Crippen molar-refractivity contribution in [2.75, 3.05) is 38.8 Å². The quantitative estimate of drug-likeness (QED) is 0.750. The molecule has 0 radical (unpaired) electrons. The van der Waals surface area contributed by atoms with Crippen LogP contribution in [0.2, 0.25) is 0 Å². The Morgan fingerprint density at radius 1 is 1.22 bits per heavy atom. The van der Waals surface area contributed by atoms with Gasteiger partial charge < -0.3 is 20.1 Å². The number of carbonyl (C=O) groups is 1. The predicted molar refractivity (Wildman–Crippen MR) is 70.9 cm³/mol. The lowest BCUT2D eigenvalue weighted by Crippen LogP contribution is -2.31. The first kappa shape index (κ1) is 14.3. The van der Waals surface area contributed by atoms with Crippen molar-refractivity contribution in [2.24, 2.45) is 5.73 Å². The highest BCUT2D eigenvalue weighted by molar-refractivity contribution is 5.74. The normalized spacial score (nSPS) is 10.1. The molecule has 100 valence electrons. The third-order valence-corrected chi connectivity index (χ3v) is 2.63. The number of methoxy groups -OCH3 is 2. The molecule has 0 unspecified atom stereocenters. The van der Waals surface area contributed by atoms with Crippen LogP contribution in [0.3, 0.4) is 0 Å². The van der Waals surface area contributed by atoms with Crippen molar-refractivity contribution in [3.63, 3.8) is 0 Å². The molecule has 1 aromatic carbocycles. The molecule has 2 N–H and O–H groups in total. The average molecular weight is 252 g/mol. The smallest absolute Gasteiger partial charge is 0.219 e. The van der Waals surface area contributed by atoms with E-state index in [1.165, 1.54) is 0 Å². The Morgan fingerprint density at radius 2 is 1.89 bits per heavy atom. The van der Waals surface area contributed by atoms with Crippen LogP contribution in [0, 0.1) is 0 Å². The third kappa shape index (κ3) is 4.63. The minimum atomic E-state index is -0.300. The van der Waals surface area contributed by atoms with Gasteiger partial charge in [-0.25, -0.2) is 0 Å². The van der Waals surface area contributed by atoms with Crippen LogP contribution < -0.4 is 15.4 Å². The zero-order valence-corrected chi connectivity index (χ0v) is 10.9. The van der Waals surface area contributed by atoms with Gasteiger partial charge >= 0.3 is 0 Å². The molecule has 5 nitrogen and oxygen atoms in total. The lowest BCUT2D eigenvalue weighted by atomic mass is 10.2. The number of amides is 1. The third-order valence-electron chi connectivity index (χ3n) is 2.63. The molecule has 0 heterocycles. The van der Waals surface area contributed by atoms with E-state index in [-0.39, 0.29) is 5.91 Å². The summed E-state index contributed by atoms with van der Waals surface area (Å²) in [7, 11) is 3.28. The van der Waals surface area contributed by atoms with E-state index in [0.29, 0.717) is 19.6 Å². The number of carbonyl (C=O) groups excluding carboxylic acids is 1. The maximum Gasteiger partial charge on any atom is 0.219 e. The Balaban J connectivity index is 2.69. The Labute approximate surface area is 107 Å². The van der Waals surface area contributed by atoms with Gasteiger partial charge in [0.25, 0.3) is 0 Å². The molecule has 1 aromatic rings. The van der Waals surface area contributed by atoms with Crippen molar-refractivity contribution in [1.82, 2.24) is 0 Å². The summed E-state index contributed by atoms with van der Waals surface area (Å²) >= 11 is 0. The molecule has 0 fully saturated rings. The number of hydrogen-bond acceptors (Lipinski definition) is 4. The summed E-state index contributed by atoms with van der Waals surface area (Å²) < 4.78 is 10.2. The van der Waals surface area contributed by atoms with Gasteiger partial charge in [-0.15, -0.1) is 0 Å². The van der Waals surface area contributed by atoms with Gasteiger partial charge in [0.2, 0.25) is 5.91 Å². The highest BCUT2D eigenvalue weighted by Gasteiger charge is 2.07. The monoisotopic (exact) mass is 252 g/mol. The summed E-state index contributed by atoms with van der Waals surface area (Å²) in [6, 6.07) is 7.68. The second-order valence-corrected chi connectivity index (χ2v) is 3.89. The summed E-state index contributed by atoms with van der Waals surface area (Å²) in [6.07, 6.45) is 0.329. The Bertz CT molecular complexity index is 365. The van der Waals surface area contributed by atoms with Crippen molar-refractivity contribution in [1.29, 1.82) is 0 Å². The van der Waals surface area contributed by atoms with E-state index in [4.69, 9.17) is 15.2 Å². The Kier molecular flexibility index (Phi) is 6.00. The number of hydrogen-bond donors (Lipinski definition) is 1. The molecule has 0 aliphatic heterocycles. The first-order valence-electron chi connectivity index (χ1n) is 5.83. The van der Waals surface area contributed by atoms with Gasteiger partial charge in [0.1, 0.15) is 5.75 Å². The van der Waals surface area contributed by atoms with Crippen LogP contribution >= 0.6 is 0 Å². The van der Waals surface area contributed by atoms with Crippen LogP contribution in [-0.4, -0.2) is 39.8 Å². The van der Waals surface area contributed by atoms with Crippen molar-refractivity contribution >= 4 is 11.6 Å². The molecule has 0 aromatic heterocycles. The molecule has 1 amide bonds. The molecule has 5 heteroatoms. The largest absolute Gasteiger partial charge is 0.497 e. The molecule has 0 saturated heterocycles. The summed E-state index contributed by atoms with van der Waals surface area (Å²) in [4.78, 5) is 12.9. The standard InChI is InChI=1S/C13H20N2O3/c1-17-10-9-15(8-7-13(14)16)11-3-5-12(18-2)6-4-11/h3-6H,7-10H2,1-2H3,(H2,14,16). The maximum atomic E-state index is 10.9. The number of anilines is 1. The van der Waals surface area contributed by atoms with Crippen LogP contribution in [0.15, 0.2) is 24.3 Å². The van der Waals surface area contributed by atoms with E-state index in [1.54, 1.807) is 14.2 Å². The fourth-order valence-electron chi connectivity index (χ4n) is 1.61. The first-order chi connectivity index (χ1) is 8.67. The average Bonchev–Trinajstić information content (AvgIpc) is 2.39. The summed E-state index contributed by atoms with van der Waals surface area (Å²) in [5, 5.41) is 0. The number of primary amides is 1. The minimum absolute atomic E-state index is 0.300. The van der Waals surface area contributed by atoms with E-state index in [2.05, 4.69) is 4.90 Å². The summed E-state index contributed by atoms with van der Waals surface area (Å²) in [6.45, 7) is 1.91. The number of nitrogens with two attached hydrogens (primary N) is 1. The van der Waals surface area contributed by atoms with Gasteiger partial charge in [-0.2, -0.15) is 0 Å². The number of benzene rings is 1. The molecule has 0 saturated carbocycles. The zero-order chi connectivity index (χ0) is 13.4. The molecule has 1 rings (SSSR count). The molecule has 0 aliphatic carbocycles. The van der Waals surface area contributed by atoms with Crippen LogP contribution in [0.25, 0.3) is 0 Å². The molecular weight excluding hydrogens is 232 g/mol. The topological polar surface area (TPSA) is 64.8 Å². The van der Waals surface area contributed by atoms with E-state index in [0.717, 1.165) is 18.0 Å². The Hall–Kier alpha value is -1.75. The maximum absolute atomic E-state index is 10.9. The SMILES string of the molecule is COCCN(CCC(N)=O)c1ccc(OC)cc1. The molecule has 0 spiro atoms. The fourth-order valence-corrected chi connectivity index (χ4v) is 1.61. The van der Waals surface area contributed by atoms with E-state index in [9.17, 15) is 4.79 Å². The first-order valence-corrected chi connectivity index (χ1v) is 5.83. The lowest BCUT2D eigenvalue weighted by molar-refractivity contribution is -0.117. The van der Waals surface area contributed by atoms with Gasteiger partial charge in [0, 0.05) is 32.3 Å². The molecule has 0 atom stereocenters. The van der Waals surface area contributed by atoms with Crippen LogP contribution in [-0.2, 0) is 9.53 Å². The number of ether oxygens (including phenoxy) is 2. The molecular formula is C13H20N2O3. The minimum Gasteiger partial charge on any atom is -0.497 e. The number of rotatable bonds is 8. The second-order valence-electron chi connectivity index (χ2n) is 3.89. The van der Waals surface area contributed by atoms with Gasteiger partial charge in [-0.1, -0.05) is 0 Å². The van der Waals surface area contributed by atoms with Crippen LogP contribution in [0.5, 0.6) is 5.75 Å². The van der Waals surface area contributed by atoms with Crippen molar-refractivity contribution in [3.8, 4) is 5.75 Å². The van der Waals surface area contributed by atoms with Crippen molar-refractivity contribution in [3.05, 3.63) is 24.3 Å². The molecule has 18 heavy (non-hydrogen) atoms. The molecule has 0 aliphatic rings. The highest BCUT2D eigenvalue weighted by atomic mass is 16.5. The van der Waals surface area contributed by atoms with Crippen molar-refractivity contribution < 1.29 is 14.3 Å². The summed E-state index contributed by atoms with van der Waals surface area (Å²) in [5.41, 5.74) is 6.20. The van der Waals surface area contributed by atoms with E-state index in [1.807, 2.05) is 24.3 Å². The predicted octanol–water partition coefficient (Wildman–Crippen LogP) is 1.02. The van der Waals surface area contributed by atoms with Gasteiger partial charge in [-0.3, -0.25) is 4.79 Å². The van der Waals surface area contributed by atoms with Crippen molar-refractivity contribution in [2.45, 2.75) is 6.42 Å². The second kappa shape index (κ2) is 7.55. The number of nitrogens with zero attached hydrogens (tertiary/aromatic N) is 1. The Morgan fingerprint density at radius 3 is 2.39 bits per heavy atom. The summed E-state index contributed by atoms with van der Waals surface area (Å²) in [5.74, 6) is 0.506. The van der Waals surface area contributed by atoms with Crippen LogP contribution in [0.4, 0.5) is 5.69 Å². The van der Waals surface area contributed by atoms with E-state index < -0.39 is 0 Å². The fraction of sp³-hybridized carbons (Fsp3) is 0.462. The lowest BCUT2D eigenvalue weighted by Gasteiger charge is -2.24.